The highest BCUT2D eigenvalue weighted by Gasteiger charge is 2.32. The van der Waals surface area contributed by atoms with Crippen LogP contribution in [0, 0.1) is 0 Å². The lowest BCUT2D eigenvalue weighted by Gasteiger charge is -2.34. The van der Waals surface area contributed by atoms with Crippen molar-refractivity contribution in [2.24, 2.45) is 0 Å². The first kappa shape index (κ1) is 22.8. The van der Waals surface area contributed by atoms with E-state index in [0.717, 1.165) is 54.4 Å². The number of amides is 2. The van der Waals surface area contributed by atoms with Crippen LogP contribution in [0.25, 0.3) is 21.7 Å². The summed E-state index contributed by atoms with van der Waals surface area (Å²) in [6, 6.07) is 10.1. The first-order valence-electron chi connectivity index (χ1n) is 11.9. The molecular weight excluding hydrogens is 436 g/mol. The van der Waals surface area contributed by atoms with Crippen molar-refractivity contribution in [2.75, 3.05) is 26.2 Å². The van der Waals surface area contributed by atoms with Crippen LogP contribution in [0.2, 0.25) is 0 Å². The minimum atomic E-state index is -0.501. The van der Waals surface area contributed by atoms with Gasteiger partial charge in [0.2, 0.25) is 11.8 Å². The van der Waals surface area contributed by atoms with Gasteiger partial charge in [-0.15, -0.1) is 0 Å². The van der Waals surface area contributed by atoms with Gasteiger partial charge >= 0.3 is 0 Å². The topological polar surface area (TPSA) is 117 Å². The molecule has 1 aromatic heterocycles. The van der Waals surface area contributed by atoms with Gasteiger partial charge in [-0.05, 0) is 61.2 Å². The fraction of sp³-hybridized carbons (Fsp3) is 0.480. The third-order valence-electron chi connectivity index (χ3n) is 6.88. The summed E-state index contributed by atoms with van der Waals surface area (Å²) in [4.78, 5) is 26.0. The van der Waals surface area contributed by atoms with E-state index in [1.807, 2.05) is 37.3 Å². The summed E-state index contributed by atoms with van der Waals surface area (Å²) < 4.78 is 11.5. The fourth-order valence-corrected chi connectivity index (χ4v) is 4.96. The van der Waals surface area contributed by atoms with Crippen LogP contribution in [0.5, 0.6) is 5.75 Å². The van der Waals surface area contributed by atoms with Gasteiger partial charge in [0.1, 0.15) is 24.3 Å². The summed E-state index contributed by atoms with van der Waals surface area (Å²) in [6.07, 6.45) is 2.38. The quantitative estimate of drug-likeness (QED) is 0.359. The van der Waals surface area contributed by atoms with Gasteiger partial charge in [-0.2, -0.15) is 0 Å². The number of hydrogen-bond donors (Lipinski definition) is 3. The number of carbonyl (C=O) groups excluding carboxylic acids is 2. The molecule has 0 saturated carbocycles. The van der Waals surface area contributed by atoms with Crippen molar-refractivity contribution in [2.45, 2.75) is 50.8 Å². The molecule has 2 atom stereocenters. The Balaban J connectivity index is 1.24. The molecule has 0 aliphatic carbocycles. The van der Waals surface area contributed by atoms with Crippen molar-refractivity contribution < 1.29 is 24.0 Å². The molecule has 2 saturated heterocycles. The second kappa shape index (κ2) is 9.69. The van der Waals surface area contributed by atoms with Gasteiger partial charge in [-0.3, -0.25) is 19.8 Å². The van der Waals surface area contributed by atoms with Gasteiger partial charge in [0.25, 0.3) is 0 Å². The van der Waals surface area contributed by atoms with Crippen LogP contribution in [0.1, 0.15) is 44.2 Å². The monoisotopic (exact) mass is 466 g/mol. The zero-order valence-electron chi connectivity index (χ0n) is 19.3. The van der Waals surface area contributed by atoms with Gasteiger partial charge < -0.3 is 19.7 Å². The molecule has 1 unspecified atom stereocenters. The van der Waals surface area contributed by atoms with Crippen molar-refractivity contribution in [1.82, 2.24) is 20.7 Å². The molecule has 2 fully saturated rings. The van der Waals surface area contributed by atoms with E-state index in [1.165, 1.54) is 0 Å². The second-order valence-electron chi connectivity index (χ2n) is 9.14. The molecule has 9 heteroatoms. The summed E-state index contributed by atoms with van der Waals surface area (Å²) in [5.41, 5.74) is 1.19. The predicted molar refractivity (Wildman–Crippen MR) is 126 cm³/mol. The van der Waals surface area contributed by atoms with E-state index in [9.17, 15) is 14.7 Å². The number of carbonyl (C=O) groups is 2. The minimum Gasteiger partial charge on any atom is -0.492 e. The summed E-state index contributed by atoms with van der Waals surface area (Å²) in [6.45, 7) is 4.92. The van der Waals surface area contributed by atoms with E-state index >= 15 is 0 Å². The van der Waals surface area contributed by atoms with Crippen molar-refractivity contribution in [3.63, 3.8) is 0 Å². The lowest BCUT2D eigenvalue weighted by molar-refractivity contribution is -0.134. The van der Waals surface area contributed by atoms with E-state index in [1.54, 1.807) is 0 Å². The lowest BCUT2D eigenvalue weighted by atomic mass is 9.91. The molecule has 0 bridgehead atoms. The zero-order valence-corrected chi connectivity index (χ0v) is 19.3. The summed E-state index contributed by atoms with van der Waals surface area (Å²) >= 11 is 0. The number of fused-ring (bicyclic) bond motifs is 3. The van der Waals surface area contributed by atoms with Gasteiger partial charge in [-0.25, -0.2) is 0 Å². The summed E-state index contributed by atoms with van der Waals surface area (Å²) in [5, 5.41) is 22.5. The smallest absolute Gasteiger partial charge is 0.235 e. The van der Waals surface area contributed by atoms with Gasteiger partial charge in [-0.1, -0.05) is 11.2 Å². The van der Waals surface area contributed by atoms with Gasteiger partial charge in [0.15, 0.2) is 5.58 Å². The lowest BCUT2D eigenvalue weighted by Crippen LogP contribution is -2.46. The Morgan fingerprint density at radius 1 is 1.24 bits per heavy atom. The Hall–Kier alpha value is -3.01. The molecule has 3 N–H and O–H groups in total. The number of imide groups is 1. The van der Waals surface area contributed by atoms with E-state index in [0.29, 0.717) is 36.8 Å². The Morgan fingerprint density at radius 2 is 2.06 bits per heavy atom. The van der Waals surface area contributed by atoms with Crippen LogP contribution in [-0.4, -0.2) is 65.5 Å². The van der Waals surface area contributed by atoms with Crippen molar-refractivity contribution in [3.05, 3.63) is 36.0 Å². The van der Waals surface area contributed by atoms with Crippen LogP contribution >= 0.6 is 0 Å². The molecule has 0 spiro atoms. The molecule has 2 amide bonds. The number of nitrogens with one attached hydrogen (secondary N) is 2. The third-order valence-corrected chi connectivity index (χ3v) is 6.88. The normalized spacial score (nSPS) is 21.2. The molecule has 180 valence electrons. The number of nitrogens with zero attached hydrogens (tertiary/aromatic N) is 2. The number of aliphatic hydroxyl groups is 1. The predicted octanol–water partition coefficient (Wildman–Crippen LogP) is 2.27. The van der Waals surface area contributed by atoms with Crippen molar-refractivity contribution >= 4 is 33.6 Å². The van der Waals surface area contributed by atoms with Crippen LogP contribution in [0.4, 0.5) is 0 Å². The average Bonchev–Trinajstić information content (AvgIpc) is 3.26. The van der Waals surface area contributed by atoms with E-state index in [2.05, 4.69) is 20.7 Å². The second-order valence-corrected chi connectivity index (χ2v) is 9.14. The summed E-state index contributed by atoms with van der Waals surface area (Å²) in [7, 11) is 0. The third kappa shape index (κ3) is 4.64. The fourth-order valence-electron chi connectivity index (χ4n) is 4.96. The molecule has 3 heterocycles. The van der Waals surface area contributed by atoms with Crippen LogP contribution < -0.4 is 15.4 Å². The summed E-state index contributed by atoms with van der Waals surface area (Å²) in [5.74, 6) is -0.302. The number of likely N-dealkylation sites (tertiary alicyclic amines) is 1. The maximum atomic E-state index is 12.4. The SMILES string of the molecule is CC(O)N1CCC(NCCOc2ccc3c(ccc4onc([C@H]5CCC(=O)NC5=O)c43)c2)CC1. The van der Waals surface area contributed by atoms with Crippen LogP contribution in [-0.2, 0) is 9.59 Å². The average molecular weight is 467 g/mol. The largest absolute Gasteiger partial charge is 0.492 e. The first-order valence-corrected chi connectivity index (χ1v) is 11.9. The van der Waals surface area contributed by atoms with Gasteiger partial charge in [0, 0.05) is 32.1 Å². The minimum absolute atomic E-state index is 0.250. The highest BCUT2D eigenvalue weighted by molar-refractivity contribution is 6.10. The molecule has 2 aliphatic rings. The molecule has 0 radical (unpaired) electrons. The maximum absolute atomic E-state index is 12.4. The Kier molecular flexibility index (Phi) is 6.49. The molecule has 3 aromatic rings. The molecule has 2 aliphatic heterocycles. The van der Waals surface area contributed by atoms with Crippen molar-refractivity contribution in [1.29, 1.82) is 0 Å². The number of ether oxygens (including phenoxy) is 1. The Morgan fingerprint density at radius 3 is 2.82 bits per heavy atom. The number of aliphatic hydroxyl groups excluding tert-OH is 1. The van der Waals surface area contributed by atoms with Crippen LogP contribution in [0.15, 0.2) is 34.9 Å². The molecule has 9 nitrogen and oxygen atoms in total. The van der Waals surface area contributed by atoms with E-state index in [4.69, 9.17) is 9.26 Å². The number of hydrogen-bond acceptors (Lipinski definition) is 8. The molecule has 5 rings (SSSR count). The number of piperidine rings is 2. The number of aromatic nitrogens is 1. The van der Waals surface area contributed by atoms with Crippen LogP contribution in [0.3, 0.4) is 0 Å². The van der Waals surface area contributed by atoms with E-state index < -0.39 is 5.92 Å². The maximum Gasteiger partial charge on any atom is 0.235 e. The molecular formula is C25H30N4O5. The highest BCUT2D eigenvalue weighted by atomic mass is 16.5. The van der Waals surface area contributed by atoms with Crippen molar-refractivity contribution in [3.8, 4) is 5.75 Å². The van der Waals surface area contributed by atoms with Gasteiger partial charge in [0.05, 0.1) is 11.3 Å². The number of rotatable bonds is 7. The first-order chi connectivity index (χ1) is 16.5. The highest BCUT2D eigenvalue weighted by Crippen LogP contribution is 2.36. The molecule has 34 heavy (non-hydrogen) atoms. The molecule has 2 aromatic carbocycles. The van der Waals surface area contributed by atoms with E-state index in [-0.39, 0.29) is 18.0 Å². The zero-order chi connectivity index (χ0) is 23.7. The number of benzene rings is 2. The Bertz CT molecular complexity index is 1200. The Labute approximate surface area is 197 Å². The standard InChI is InChI=1S/C25H30N4O5/c1-15(30)29-11-8-17(9-12-29)26-10-13-33-18-3-4-19-16(14-18)2-6-21-23(19)24(28-34-21)20-5-7-22(31)27-25(20)32/h2-4,6,14-15,17,20,26,30H,5,7-13H2,1H3,(H,27,31,32)/t15?,20-/m1/s1.